The van der Waals surface area contributed by atoms with Crippen LogP contribution in [0.4, 0.5) is 5.69 Å². The Hall–Kier alpha value is -1.68. The Labute approximate surface area is 125 Å². The molecular formula is C16H21N3S. The molecule has 0 aliphatic rings. The molecule has 0 amide bonds. The van der Waals surface area contributed by atoms with Crippen LogP contribution < -0.4 is 10.6 Å². The molecule has 0 fully saturated rings. The van der Waals surface area contributed by atoms with Gasteiger partial charge >= 0.3 is 0 Å². The van der Waals surface area contributed by atoms with Gasteiger partial charge in [-0.3, -0.25) is 4.98 Å². The smallest absolute Gasteiger partial charge is 0.107 e. The number of hydrogen-bond donors (Lipinski definition) is 1. The Morgan fingerprint density at radius 3 is 2.75 bits per heavy atom. The predicted octanol–water partition coefficient (Wildman–Crippen LogP) is 3.35. The van der Waals surface area contributed by atoms with E-state index in [2.05, 4.69) is 36.8 Å². The van der Waals surface area contributed by atoms with Crippen LogP contribution in [-0.2, 0) is 0 Å². The second-order valence-corrected chi connectivity index (χ2v) is 5.74. The highest BCUT2D eigenvalue weighted by Gasteiger charge is 2.16. The second-order valence-electron chi connectivity index (χ2n) is 5.30. The van der Waals surface area contributed by atoms with Gasteiger partial charge in [0, 0.05) is 25.2 Å². The maximum atomic E-state index is 5.87. The monoisotopic (exact) mass is 287 g/mol. The first-order valence-corrected chi connectivity index (χ1v) is 7.34. The van der Waals surface area contributed by atoms with Crippen LogP contribution in [0, 0.1) is 5.92 Å². The third-order valence-electron chi connectivity index (χ3n) is 3.68. The lowest BCUT2D eigenvalue weighted by Crippen LogP contribution is -2.27. The van der Waals surface area contributed by atoms with Crippen molar-refractivity contribution in [3.8, 4) is 0 Å². The fourth-order valence-electron chi connectivity index (χ4n) is 2.41. The number of anilines is 1. The van der Waals surface area contributed by atoms with Gasteiger partial charge in [-0.1, -0.05) is 50.7 Å². The Morgan fingerprint density at radius 1 is 1.40 bits per heavy atom. The average molecular weight is 287 g/mol. The first-order valence-electron chi connectivity index (χ1n) is 6.93. The average Bonchev–Trinajstić information content (AvgIpc) is 2.45. The molecule has 3 nitrogen and oxygen atoms in total. The van der Waals surface area contributed by atoms with Crippen molar-refractivity contribution in [2.45, 2.75) is 20.3 Å². The van der Waals surface area contributed by atoms with Crippen molar-refractivity contribution in [2.75, 3.05) is 18.5 Å². The maximum absolute atomic E-state index is 5.87. The van der Waals surface area contributed by atoms with Crippen molar-refractivity contribution >= 4 is 33.8 Å². The number of nitrogens with two attached hydrogens (primary N) is 1. The molecule has 4 heteroatoms. The van der Waals surface area contributed by atoms with Crippen molar-refractivity contribution in [3.05, 3.63) is 36.0 Å². The molecule has 2 aromatic rings. The van der Waals surface area contributed by atoms with Crippen molar-refractivity contribution in [1.82, 2.24) is 4.98 Å². The Kier molecular flexibility index (Phi) is 4.55. The van der Waals surface area contributed by atoms with Crippen LogP contribution in [-0.4, -0.2) is 23.6 Å². The molecule has 2 rings (SSSR count). The van der Waals surface area contributed by atoms with E-state index in [1.165, 1.54) is 0 Å². The summed E-state index contributed by atoms with van der Waals surface area (Å²) < 4.78 is 0. The van der Waals surface area contributed by atoms with Gasteiger partial charge in [0.25, 0.3) is 0 Å². The van der Waals surface area contributed by atoms with Gasteiger partial charge in [0.05, 0.1) is 16.8 Å². The van der Waals surface area contributed by atoms with Gasteiger partial charge in [-0.25, -0.2) is 0 Å². The Balaban J connectivity index is 2.57. The van der Waals surface area contributed by atoms with Crippen LogP contribution in [0.5, 0.6) is 0 Å². The minimum atomic E-state index is 0.397. The molecule has 0 saturated heterocycles. The summed E-state index contributed by atoms with van der Waals surface area (Å²) in [5.41, 5.74) is 8.78. The van der Waals surface area contributed by atoms with Gasteiger partial charge in [-0.05, 0) is 12.0 Å². The van der Waals surface area contributed by atoms with E-state index in [4.69, 9.17) is 18.0 Å². The fraction of sp³-hybridized carbons (Fsp3) is 0.375. The van der Waals surface area contributed by atoms with E-state index >= 15 is 0 Å². The molecule has 0 spiro atoms. The fourth-order valence-corrected chi connectivity index (χ4v) is 2.56. The lowest BCUT2D eigenvalue weighted by molar-refractivity contribution is 0.560. The summed E-state index contributed by atoms with van der Waals surface area (Å²) in [6.07, 6.45) is 2.93. The van der Waals surface area contributed by atoms with E-state index in [1.807, 2.05) is 18.2 Å². The summed E-state index contributed by atoms with van der Waals surface area (Å²) in [5.74, 6) is 0.617. The third kappa shape index (κ3) is 2.90. The molecule has 0 saturated carbocycles. The molecular weight excluding hydrogens is 266 g/mol. The van der Waals surface area contributed by atoms with E-state index in [0.29, 0.717) is 10.9 Å². The van der Waals surface area contributed by atoms with Gasteiger partial charge in [-0.2, -0.15) is 0 Å². The highest BCUT2D eigenvalue weighted by molar-refractivity contribution is 7.80. The van der Waals surface area contributed by atoms with E-state index in [0.717, 1.165) is 35.1 Å². The third-order valence-corrected chi connectivity index (χ3v) is 3.90. The van der Waals surface area contributed by atoms with Crippen molar-refractivity contribution in [2.24, 2.45) is 11.7 Å². The molecule has 106 valence electrons. The number of nitrogens with zero attached hydrogens (tertiary/aromatic N) is 2. The molecule has 0 bridgehead atoms. The summed E-state index contributed by atoms with van der Waals surface area (Å²) in [4.78, 5) is 7.09. The number of rotatable bonds is 5. The Morgan fingerprint density at radius 2 is 2.10 bits per heavy atom. The molecule has 1 aromatic heterocycles. The minimum Gasteiger partial charge on any atom is -0.389 e. The lowest BCUT2D eigenvalue weighted by atomic mass is 10.1. The number of pyridine rings is 1. The van der Waals surface area contributed by atoms with Crippen LogP contribution in [0.15, 0.2) is 30.5 Å². The first kappa shape index (κ1) is 14.7. The van der Waals surface area contributed by atoms with Crippen LogP contribution in [0.25, 0.3) is 10.9 Å². The molecule has 0 aliphatic heterocycles. The maximum Gasteiger partial charge on any atom is 0.107 e. The predicted molar refractivity (Wildman–Crippen MR) is 90.4 cm³/mol. The normalized spacial score (nSPS) is 12.3. The SMILES string of the molecule is CCC(C)CN(C)c1c(C(N)=S)cnc2ccccc12. The van der Waals surface area contributed by atoms with E-state index in [-0.39, 0.29) is 0 Å². The van der Waals surface area contributed by atoms with Crippen LogP contribution in [0.3, 0.4) is 0 Å². The van der Waals surface area contributed by atoms with Crippen molar-refractivity contribution in [1.29, 1.82) is 0 Å². The molecule has 1 heterocycles. The molecule has 1 atom stereocenters. The molecule has 1 unspecified atom stereocenters. The van der Waals surface area contributed by atoms with E-state index in [9.17, 15) is 0 Å². The lowest BCUT2D eigenvalue weighted by Gasteiger charge is -2.26. The highest BCUT2D eigenvalue weighted by Crippen LogP contribution is 2.29. The van der Waals surface area contributed by atoms with Gasteiger partial charge in [0.15, 0.2) is 0 Å². The summed E-state index contributed by atoms with van der Waals surface area (Å²) in [6.45, 7) is 5.43. The summed E-state index contributed by atoms with van der Waals surface area (Å²) in [7, 11) is 2.09. The molecule has 2 N–H and O–H groups in total. The molecule has 20 heavy (non-hydrogen) atoms. The van der Waals surface area contributed by atoms with Crippen molar-refractivity contribution in [3.63, 3.8) is 0 Å². The largest absolute Gasteiger partial charge is 0.389 e. The van der Waals surface area contributed by atoms with Gasteiger partial charge < -0.3 is 10.6 Å². The van der Waals surface area contributed by atoms with E-state index < -0.39 is 0 Å². The quantitative estimate of drug-likeness (QED) is 0.856. The van der Waals surface area contributed by atoms with E-state index in [1.54, 1.807) is 6.20 Å². The van der Waals surface area contributed by atoms with Crippen LogP contribution >= 0.6 is 12.2 Å². The van der Waals surface area contributed by atoms with Gasteiger partial charge in [0.1, 0.15) is 4.99 Å². The summed E-state index contributed by atoms with van der Waals surface area (Å²) in [6, 6.07) is 8.11. The zero-order valence-electron chi connectivity index (χ0n) is 12.3. The van der Waals surface area contributed by atoms with Gasteiger partial charge in [-0.15, -0.1) is 0 Å². The second kappa shape index (κ2) is 6.18. The van der Waals surface area contributed by atoms with Crippen LogP contribution in [0.2, 0.25) is 0 Å². The number of benzene rings is 1. The first-order chi connectivity index (χ1) is 9.54. The number of fused-ring (bicyclic) bond motifs is 1. The van der Waals surface area contributed by atoms with Crippen LogP contribution in [0.1, 0.15) is 25.8 Å². The van der Waals surface area contributed by atoms with Gasteiger partial charge in [0.2, 0.25) is 0 Å². The topological polar surface area (TPSA) is 42.1 Å². The zero-order valence-corrected chi connectivity index (χ0v) is 13.1. The zero-order chi connectivity index (χ0) is 14.7. The Bertz CT molecular complexity index is 624. The number of hydrogen-bond acceptors (Lipinski definition) is 3. The molecule has 0 aliphatic carbocycles. The molecule has 1 aromatic carbocycles. The number of para-hydroxylation sites is 1. The standard InChI is InChI=1S/C16H21N3S/c1-4-11(2)10-19(3)15-12-7-5-6-8-14(12)18-9-13(15)16(17)20/h5-9,11H,4,10H2,1-3H3,(H2,17,20). The van der Waals surface area contributed by atoms with Crippen molar-refractivity contribution < 1.29 is 0 Å². The summed E-state index contributed by atoms with van der Waals surface area (Å²) >= 11 is 5.18. The highest BCUT2D eigenvalue weighted by atomic mass is 32.1. The minimum absolute atomic E-state index is 0.397. The number of thiocarbonyl (C=S) groups is 1. The summed E-state index contributed by atoms with van der Waals surface area (Å²) in [5, 5.41) is 1.10. The molecule has 0 radical (unpaired) electrons. The number of aromatic nitrogens is 1.